The van der Waals surface area contributed by atoms with E-state index in [1.54, 1.807) is 0 Å². The molecule has 0 aliphatic heterocycles. The van der Waals surface area contributed by atoms with Crippen molar-refractivity contribution in [2.75, 3.05) is 0 Å². The molecule has 0 aromatic heterocycles. The Balaban J connectivity index is 2.43. The standard InChI is InChI=1S/C10H7F3O/c11-7-4-9(13)8(12)3-6(7)5-1-2-10(5)14/h3-5H,1-2H2. The minimum absolute atomic E-state index is 0.0276. The summed E-state index contributed by atoms with van der Waals surface area (Å²) < 4.78 is 38.4. The summed E-state index contributed by atoms with van der Waals surface area (Å²) in [6, 6.07) is 1.25. The highest BCUT2D eigenvalue weighted by molar-refractivity contribution is 5.91. The van der Waals surface area contributed by atoms with E-state index in [4.69, 9.17) is 0 Å². The second-order valence-corrected chi connectivity index (χ2v) is 3.35. The first-order valence-electron chi connectivity index (χ1n) is 4.26. The number of rotatable bonds is 1. The molecule has 14 heavy (non-hydrogen) atoms. The van der Waals surface area contributed by atoms with Crippen LogP contribution in [0, 0.1) is 17.5 Å². The molecule has 0 radical (unpaired) electrons. The van der Waals surface area contributed by atoms with Gasteiger partial charge in [0, 0.05) is 24.0 Å². The molecule has 1 aromatic carbocycles. The van der Waals surface area contributed by atoms with E-state index in [9.17, 15) is 18.0 Å². The Bertz CT molecular complexity index is 401. The maximum absolute atomic E-state index is 13.1. The monoisotopic (exact) mass is 200 g/mol. The average Bonchev–Trinajstić information content (AvgIpc) is 2.12. The molecule has 0 spiro atoms. The number of benzene rings is 1. The molecular formula is C10H7F3O. The third-order valence-corrected chi connectivity index (χ3v) is 2.48. The van der Waals surface area contributed by atoms with Crippen molar-refractivity contribution < 1.29 is 18.0 Å². The van der Waals surface area contributed by atoms with Crippen LogP contribution in [0.5, 0.6) is 0 Å². The van der Waals surface area contributed by atoms with Gasteiger partial charge in [0.05, 0.1) is 0 Å². The molecule has 1 nitrogen and oxygen atoms in total. The molecule has 1 saturated carbocycles. The Morgan fingerprint density at radius 3 is 2.21 bits per heavy atom. The lowest BCUT2D eigenvalue weighted by molar-refractivity contribution is -0.125. The fourth-order valence-corrected chi connectivity index (χ4v) is 1.54. The SMILES string of the molecule is O=C1CCC1c1cc(F)c(F)cc1F. The van der Waals surface area contributed by atoms with E-state index < -0.39 is 23.4 Å². The van der Waals surface area contributed by atoms with Gasteiger partial charge < -0.3 is 0 Å². The molecule has 2 rings (SSSR count). The van der Waals surface area contributed by atoms with Crippen molar-refractivity contribution in [1.29, 1.82) is 0 Å². The van der Waals surface area contributed by atoms with E-state index in [1.807, 2.05) is 0 Å². The highest BCUT2D eigenvalue weighted by atomic mass is 19.2. The minimum atomic E-state index is -1.22. The molecule has 0 N–H and O–H groups in total. The highest BCUT2D eigenvalue weighted by Crippen LogP contribution is 2.35. The van der Waals surface area contributed by atoms with Gasteiger partial charge in [0.25, 0.3) is 0 Å². The summed E-state index contributed by atoms with van der Waals surface area (Å²) in [5.74, 6) is -3.87. The van der Waals surface area contributed by atoms with Gasteiger partial charge in [0.15, 0.2) is 11.6 Å². The zero-order valence-corrected chi connectivity index (χ0v) is 7.19. The van der Waals surface area contributed by atoms with Crippen LogP contribution in [0.1, 0.15) is 24.3 Å². The van der Waals surface area contributed by atoms with E-state index in [1.165, 1.54) is 0 Å². The maximum atomic E-state index is 13.1. The zero-order chi connectivity index (χ0) is 10.3. The third kappa shape index (κ3) is 1.31. The Hall–Kier alpha value is -1.32. The van der Waals surface area contributed by atoms with Crippen LogP contribution < -0.4 is 0 Å². The number of Topliss-reactive ketones (excluding diaryl/α,β-unsaturated/α-hetero) is 1. The fraction of sp³-hybridized carbons (Fsp3) is 0.300. The molecule has 0 bridgehead atoms. The van der Waals surface area contributed by atoms with Gasteiger partial charge in [-0.25, -0.2) is 13.2 Å². The van der Waals surface area contributed by atoms with Crippen molar-refractivity contribution in [3.63, 3.8) is 0 Å². The molecule has 74 valence electrons. The quantitative estimate of drug-likeness (QED) is 0.636. The summed E-state index contributed by atoms with van der Waals surface area (Å²) in [5, 5.41) is 0. The first-order valence-corrected chi connectivity index (χ1v) is 4.26. The lowest BCUT2D eigenvalue weighted by Gasteiger charge is -2.24. The largest absolute Gasteiger partial charge is 0.299 e. The molecule has 1 aliphatic rings. The van der Waals surface area contributed by atoms with Crippen molar-refractivity contribution in [2.24, 2.45) is 0 Å². The molecule has 1 aromatic rings. The second kappa shape index (κ2) is 3.12. The molecule has 0 saturated heterocycles. The average molecular weight is 200 g/mol. The van der Waals surface area contributed by atoms with Gasteiger partial charge in [0.2, 0.25) is 0 Å². The predicted molar refractivity (Wildman–Crippen MR) is 43.3 cm³/mol. The normalized spacial score (nSPS) is 20.8. The predicted octanol–water partition coefficient (Wildman–Crippen LogP) is 2.55. The summed E-state index contributed by atoms with van der Waals surface area (Å²) in [6.45, 7) is 0. The molecular weight excluding hydrogens is 193 g/mol. The Labute approximate surface area is 78.5 Å². The van der Waals surface area contributed by atoms with E-state index in [0.29, 0.717) is 18.9 Å². The number of hydrogen-bond acceptors (Lipinski definition) is 1. The van der Waals surface area contributed by atoms with E-state index >= 15 is 0 Å². The molecule has 1 unspecified atom stereocenters. The molecule has 0 amide bonds. The first-order chi connectivity index (χ1) is 6.59. The summed E-state index contributed by atoms with van der Waals surface area (Å²) in [7, 11) is 0. The number of halogens is 3. The van der Waals surface area contributed by atoms with Gasteiger partial charge >= 0.3 is 0 Å². The maximum Gasteiger partial charge on any atom is 0.161 e. The topological polar surface area (TPSA) is 17.1 Å². The van der Waals surface area contributed by atoms with Crippen LogP contribution in [0.25, 0.3) is 0 Å². The fourth-order valence-electron chi connectivity index (χ4n) is 1.54. The minimum Gasteiger partial charge on any atom is -0.299 e. The van der Waals surface area contributed by atoms with Crippen LogP contribution in [0.4, 0.5) is 13.2 Å². The first kappa shape index (κ1) is 9.24. The zero-order valence-electron chi connectivity index (χ0n) is 7.19. The number of carbonyl (C=O) groups excluding carboxylic acids is 1. The third-order valence-electron chi connectivity index (χ3n) is 2.48. The summed E-state index contributed by atoms with van der Waals surface area (Å²) >= 11 is 0. The van der Waals surface area contributed by atoms with Crippen LogP contribution in [0.15, 0.2) is 12.1 Å². The van der Waals surface area contributed by atoms with Crippen LogP contribution >= 0.6 is 0 Å². The molecule has 4 heteroatoms. The van der Waals surface area contributed by atoms with E-state index in [0.717, 1.165) is 6.07 Å². The van der Waals surface area contributed by atoms with Gasteiger partial charge in [-0.05, 0) is 12.5 Å². The van der Waals surface area contributed by atoms with Crippen molar-refractivity contribution in [3.05, 3.63) is 35.1 Å². The Morgan fingerprint density at radius 1 is 1.07 bits per heavy atom. The van der Waals surface area contributed by atoms with E-state index in [-0.39, 0.29) is 11.3 Å². The highest BCUT2D eigenvalue weighted by Gasteiger charge is 2.32. The van der Waals surface area contributed by atoms with Gasteiger partial charge in [0.1, 0.15) is 11.6 Å². The van der Waals surface area contributed by atoms with Crippen molar-refractivity contribution in [2.45, 2.75) is 18.8 Å². The van der Waals surface area contributed by atoms with E-state index in [2.05, 4.69) is 0 Å². The van der Waals surface area contributed by atoms with Crippen LogP contribution in [-0.4, -0.2) is 5.78 Å². The lowest BCUT2D eigenvalue weighted by atomic mass is 9.78. The summed E-state index contributed by atoms with van der Waals surface area (Å²) in [4.78, 5) is 11.0. The summed E-state index contributed by atoms with van der Waals surface area (Å²) in [6.07, 6.45) is 0.907. The number of ketones is 1. The Morgan fingerprint density at radius 2 is 1.71 bits per heavy atom. The van der Waals surface area contributed by atoms with Crippen LogP contribution in [0.3, 0.4) is 0 Å². The van der Waals surface area contributed by atoms with Gasteiger partial charge in [-0.3, -0.25) is 4.79 Å². The molecule has 1 fully saturated rings. The lowest BCUT2D eigenvalue weighted by Crippen LogP contribution is -2.24. The smallest absolute Gasteiger partial charge is 0.161 e. The van der Waals surface area contributed by atoms with Crippen LogP contribution in [-0.2, 0) is 4.79 Å². The Kier molecular flexibility index (Phi) is 2.06. The van der Waals surface area contributed by atoms with Crippen LogP contribution in [0.2, 0.25) is 0 Å². The van der Waals surface area contributed by atoms with Gasteiger partial charge in [-0.2, -0.15) is 0 Å². The van der Waals surface area contributed by atoms with Gasteiger partial charge in [-0.1, -0.05) is 0 Å². The number of carbonyl (C=O) groups is 1. The second-order valence-electron chi connectivity index (χ2n) is 3.35. The number of hydrogen-bond donors (Lipinski definition) is 0. The van der Waals surface area contributed by atoms with Crippen molar-refractivity contribution in [3.8, 4) is 0 Å². The summed E-state index contributed by atoms with van der Waals surface area (Å²) in [5.41, 5.74) is -0.0276. The molecule has 1 aliphatic carbocycles. The molecule has 1 atom stereocenters. The molecule has 0 heterocycles. The van der Waals surface area contributed by atoms with Crippen molar-refractivity contribution in [1.82, 2.24) is 0 Å². The van der Waals surface area contributed by atoms with Gasteiger partial charge in [-0.15, -0.1) is 0 Å². The van der Waals surface area contributed by atoms with Crippen molar-refractivity contribution >= 4 is 5.78 Å².